The summed E-state index contributed by atoms with van der Waals surface area (Å²) in [5, 5.41) is 3.54. The minimum atomic E-state index is 0.594. The molecule has 0 amide bonds. The number of allylic oxidation sites excluding steroid dienone is 1. The molecular formula is C19H29N. The minimum Gasteiger partial charge on any atom is -0.313 e. The number of benzene rings is 1. The Morgan fingerprint density at radius 1 is 1.05 bits per heavy atom. The Morgan fingerprint density at radius 2 is 1.85 bits per heavy atom. The fraction of sp³-hybridized carbons (Fsp3) is 0.579. The first-order valence-electron chi connectivity index (χ1n) is 8.30. The number of aryl methyl sites for hydroxylation is 1. The average Bonchev–Trinajstić information content (AvgIpc) is 2.45. The molecule has 0 fully saturated rings. The zero-order chi connectivity index (χ0) is 14.0. The van der Waals surface area contributed by atoms with E-state index in [0.717, 1.165) is 0 Å². The van der Waals surface area contributed by atoms with Crippen molar-refractivity contribution in [3.05, 3.63) is 47.5 Å². The zero-order valence-electron chi connectivity index (χ0n) is 12.9. The topological polar surface area (TPSA) is 12.0 Å². The van der Waals surface area contributed by atoms with Gasteiger partial charge in [0, 0.05) is 6.04 Å². The molecule has 1 aromatic carbocycles. The van der Waals surface area contributed by atoms with Gasteiger partial charge in [-0.2, -0.15) is 0 Å². The lowest BCUT2D eigenvalue weighted by Gasteiger charge is -2.22. The molecule has 2 rings (SSSR count). The first-order chi connectivity index (χ1) is 9.90. The molecule has 0 radical (unpaired) electrons. The maximum absolute atomic E-state index is 3.54. The fourth-order valence-electron chi connectivity index (χ4n) is 3.20. The Morgan fingerprint density at radius 3 is 2.65 bits per heavy atom. The summed E-state index contributed by atoms with van der Waals surface area (Å²) in [5.41, 5.74) is 3.13. The van der Waals surface area contributed by atoms with Gasteiger partial charge in [-0.25, -0.2) is 0 Å². The van der Waals surface area contributed by atoms with Gasteiger partial charge in [0.1, 0.15) is 0 Å². The smallest absolute Gasteiger partial charge is 0.0276 e. The molecule has 0 saturated heterocycles. The fourth-order valence-corrected chi connectivity index (χ4v) is 3.20. The lowest BCUT2D eigenvalue weighted by atomic mass is 9.92. The van der Waals surface area contributed by atoms with Crippen LogP contribution in [0, 0.1) is 0 Å². The van der Waals surface area contributed by atoms with Crippen LogP contribution in [0.1, 0.15) is 56.9 Å². The lowest BCUT2D eigenvalue weighted by Crippen LogP contribution is -2.28. The molecule has 1 nitrogen and oxygen atoms in total. The molecule has 1 atom stereocenters. The van der Waals surface area contributed by atoms with Gasteiger partial charge in [0.25, 0.3) is 0 Å². The summed E-state index contributed by atoms with van der Waals surface area (Å²) >= 11 is 0. The molecule has 1 aliphatic rings. The summed E-state index contributed by atoms with van der Waals surface area (Å²) < 4.78 is 0. The van der Waals surface area contributed by atoms with Gasteiger partial charge in [-0.3, -0.25) is 0 Å². The summed E-state index contributed by atoms with van der Waals surface area (Å²) in [4.78, 5) is 0. The number of rotatable bonds is 6. The number of likely N-dealkylation sites (N-methyl/N-ethyl adjacent to an activating group) is 1. The second-order valence-electron chi connectivity index (χ2n) is 5.95. The van der Waals surface area contributed by atoms with Crippen LogP contribution in [0.25, 0.3) is 0 Å². The van der Waals surface area contributed by atoms with E-state index < -0.39 is 0 Å². The second-order valence-corrected chi connectivity index (χ2v) is 5.95. The van der Waals surface area contributed by atoms with Crippen LogP contribution >= 0.6 is 0 Å². The number of hydrogen-bond donors (Lipinski definition) is 1. The molecule has 0 saturated carbocycles. The second kappa shape index (κ2) is 8.97. The van der Waals surface area contributed by atoms with Crippen molar-refractivity contribution in [3.8, 4) is 0 Å². The lowest BCUT2D eigenvalue weighted by molar-refractivity contribution is 0.521. The molecule has 0 aliphatic heterocycles. The maximum Gasteiger partial charge on any atom is 0.0276 e. The Kier molecular flexibility index (Phi) is 6.86. The highest BCUT2D eigenvalue weighted by molar-refractivity contribution is 5.15. The molecule has 1 unspecified atom stereocenters. The first-order valence-corrected chi connectivity index (χ1v) is 8.30. The molecule has 1 N–H and O–H groups in total. The monoisotopic (exact) mass is 271 g/mol. The van der Waals surface area contributed by atoms with E-state index in [-0.39, 0.29) is 0 Å². The van der Waals surface area contributed by atoms with E-state index in [1.165, 1.54) is 63.4 Å². The van der Waals surface area contributed by atoms with Crippen LogP contribution < -0.4 is 5.32 Å². The Bertz CT molecular complexity index is 393. The minimum absolute atomic E-state index is 0.594. The van der Waals surface area contributed by atoms with E-state index in [1.54, 1.807) is 5.57 Å². The van der Waals surface area contributed by atoms with Gasteiger partial charge in [-0.1, -0.05) is 54.8 Å². The largest absolute Gasteiger partial charge is 0.313 e. The summed E-state index contributed by atoms with van der Waals surface area (Å²) in [5.74, 6) is 0. The van der Waals surface area contributed by atoms with Crippen molar-refractivity contribution in [1.82, 2.24) is 5.32 Å². The van der Waals surface area contributed by atoms with Crippen molar-refractivity contribution < 1.29 is 0 Å². The van der Waals surface area contributed by atoms with Crippen molar-refractivity contribution in [2.24, 2.45) is 0 Å². The number of nitrogens with one attached hydrogen (secondary N) is 1. The molecule has 0 aromatic heterocycles. The van der Waals surface area contributed by atoms with Crippen LogP contribution in [-0.2, 0) is 6.42 Å². The first kappa shape index (κ1) is 15.3. The van der Waals surface area contributed by atoms with Gasteiger partial charge >= 0.3 is 0 Å². The van der Waals surface area contributed by atoms with E-state index in [1.807, 2.05) is 0 Å². The Balaban J connectivity index is 1.81. The van der Waals surface area contributed by atoms with Crippen LogP contribution in [0.3, 0.4) is 0 Å². The highest BCUT2D eigenvalue weighted by Crippen LogP contribution is 2.22. The summed E-state index contributed by atoms with van der Waals surface area (Å²) in [6.45, 7) is 0. The predicted octanol–water partition coefficient (Wildman–Crippen LogP) is 4.88. The Hall–Kier alpha value is -1.08. The molecule has 1 aromatic rings. The highest BCUT2D eigenvalue weighted by Gasteiger charge is 2.12. The van der Waals surface area contributed by atoms with E-state index in [9.17, 15) is 0 Å². The van der Waals surface area contributed by atoms with Crippen molar-refractivity contribution in [2.45, 2.75) is 63.8 Å². The predicted molar refractivity (Wildman–Crippen MR) is 88.0 cm³/mol. The van der Waals surface area contributed by atoms with Crippen molar-refractivity contribution >= 4 is 0 Å². The highest BCUT2D eigenvalue weighted by atomic mass is 14.9. The van der Waals surface area contributed by atoms with Gasteiger partial charge < -0.3 is 5.32 Å². The van der Waals surface area contributed by atoms with Gasteiger partial charge in [-0.15, -0.1) is 0 Å². The van der Waals surface area contributed by atoms with Crippen molar-refractivity contribution in [1.29, 1.82) is 0 Å². The molecular weight excluding hydrogens is 242 g/mol. The molecule has 0 heterocycles. The summed E-state index contributed by atoms with van der Waals surface area (Å²) in [6, 6.07) is 11.5. The molecule has 1 aliphatic carbocycles. The van der Waals surface area contributed by atoms with Crippen molar-refractivity contribution in [3.63, 3.8) is 0 Å². The maximum atomic E-state index is 3.54. The van der Waals surface area contributed by atoms with Crippen LogP contribution in [0.4, 0.5) is 0 Å². The molecule has 0 bridgehead atoms. The quantitative estimate of drug-likeness (QED) is 0.727. The molecule has 20 heavy (non-hydrogen) atoms. The average molecular weight is 271 g/mol. The van der Waals surface area contributed by atoms with Crippen LogP contribution in [0.5, 0.6) is 0 Å². The summed E-state index contributed by atoms with van der Waals surface area (Å²) in [7, 11) is 2.12. The third-order valence-corrected chi connectivity index (χ3v) is 4.42. The molecule has 1 heteroatoms. The van der Waals surface area contributed by atoms with Gasteiger partial charge in [0.05, 0.1) is 0 Å². The van der Waals surface area contributed by atoms with Crippen LogP contribution in [0.15, 0.2) is 42.0 Å². The summed E-state index contributed by atoms with van der Waals surface area (Å²) in [6.07, 6.45) is 14.4. The standard InChI is InChI=1S/C19H29N/c1-20-19(18-14-8-3-2-4-9-15-18)16-10-13-17-11-6-5-7-12-17/h5-7,11-12,14,19-20H,2-4,8-10,13,15-16H2,1H3/b18-14+. The third kappa shape index (κ3) is 5.13. The zero-order valence-corrected chi connectivity index (χ0v) is 12.9. The van der Waals surface area contributed by atoms with Gasteiger partial charge in [-0.05, 0) is 57.6 Å². The van der Waals surface area contributed by atoms with Crippen LogP contribution in [-0.4, -0.2) is 13.1 Å². The van der Waals surface area contributed by atoms with Crippen LogP contribution in [0.2, 0.25) is 0 Å². The molecule has 110 valence electrons. The van der Waals surface area contributed by atoms with E-state index in [2.05, 4.69) is 48.8 Å². The normalized spacial score (nSPS) is 20.6. The Labute approximate surface area is 124 Å². The van der Waals surface area contributed by atoms with Gasteiger partial charge in [0.15, 0.2) is 0 Å². The third-order valence-electron chi connectivity index (χ3n) is 4.42. The molecule has 0 spiro atoms. The van der Waals surface area contributed by atoms with Crippen molar-refractivity contribution in [2.75, 3.05) is 7.05 Å². The van der Waals surface area contributed by atoms with E-state index in [4.69, 9.17) is 0 Å². The van der Waals surface area contributed by atoms with Gasteiger partial charge in [0.2, 0.25) is 0 Å². The van der Waals surface area contributed by atoms with E-state index in [0.29, 0.717) is 6.04 Å². The number of hydrogen-bond acceptors (Lipinski definition) is 1. The van der Waals surface area contributed by atoms with E-state index >= 15 is 0 Å². The SMILES string of the molecule is CNC(CCCc1ccccc1)/C1=C/CCCCCC1.